The predicted molar refractivity (Wildman–Crippen MR) is 83.0 cm³/mol. The van der Waals surface area contributed by atoms with Gasteiger partial charge >= 0.3 is 0 Å². The summed E-state index contributed by atoms with van der Waals surface area (Å²) < 4.78 is 18.9. The van der Waals surface area contributed by atoms with Gasteiger partial charge in [-0.05, 0) is 52.7 Å². The highest BCUT2D eigenvalue weighted by molar-refractivity contribution is 9.10. The fourth-order valence-electron chi connectivity index (χ4n) is 1.72. The van der Waals surface area contributed by atoms with Crippen molar-refractivity contribution >= 4 is 21.8 Å². The lowest BCUT2D eigenvalue weighted by molar-refractivity contribution is 0.0951. The smallest absolute Gasteiger partial charge is 0.251 e. The van der Waals surface area contributed by atoms with E-state index in [-0.39, 0.29) is 16.2 Å². The Morgan fingerprint density at radius 3 is 2.67 bits per heavy atom. The molecule has 0 atom stereocenters. The van der Waals surface area contributed by atoms with Gasteiger partial charge in [0.05, 0.1) is 11.1 Å². The molecule has 1 N–H and O–H groups in total. The minimum atomic E-state index is -0.386. The van der Waals surface area contributed by atoms with Crippen LogP contribution in [0.2, 0.25) is 0 Å². The maximum atomic E-state index is 13.1. The lowest BCUT2D eigenvalue weighted by atomic mass is 10.2. The highest BCUT2D eigenvalue weighted by Gasteiger charge is 2.07. The summed E-state index contributed by atoms with van der Waals surface area (Å²) in [4.78, 5) is 11.8. The number of halogens is 2. The number of amides is 1. The molecule has 21 heavy (non-hydrogen) atoms. The Hall–Kier alpha value is -1.88. The molecule has 2 rings (SSSR count). The highest BCUT2D eigenvalue weighted by atomic mass is 79.9. The fourth-order valence-corrected chi connectivity index (χ4v) is 2.10. The van der Waals surface area contributed by atoms with E-state index >= 15 is 0 Å². The number of nitrogens with one attached hydrogen (secondary N) is 1. The van der Waals surface area contributed by atoms with Gasteiger partial charge in [0.2, 0.25) is 0 Å². The minimum Gasteiger partial charge on any atom is -0.494 e. The summed E-state index contributed by atoms with van der Waals surface area (Å²) >= 11 is 3.06. The van der Waals surface area contributed by atoms with E-state index in [4.69, 9.17) is 4.74 Å². The van der Waals surface area contributed by atoms with Crippen LogP contribution in [0.15, 0.2) is 53.0 Å². The Balaban J connectivity index is 1.71. The summed E-state index contributed by atoms with van der Waals surface area (Å²) in [5.41, 5.74) is 0.423. The van der Waals surface area contributed by atoms with Gasteiger partial charge in [0.1, 0.15) is 11.6 Å². The Kier molecular flexibility index (Phi) is 5.75. The van der Waals surface area contributed by atoms with Crippen molar-refractivity contribution in [1.82, 2.24) is 5.32 Å². The molecule has 5 heteroatoms. The van der Waals surface area contributed by atoms with Crippen molar-refractivity contribution in [2.24, 2.45) is 0 Å². The van der Waals surface area contributed by atoms with Crippen LogP contribution in [0.25, 0.3) is 0 Å². The maximum Gasteiger partial charge on any atom is 0.251 e. The van der Waals surface area contributed by atoms with Crippen LogP contribution in [-0.2, 0) is 0 Å². The van der Waals surface area contributed by atoms with Crippen molar-refractivity contribution in [1.29, 1.82) is 0 Å². The summed E-state index contributed by atoms with van der Waals surface area (Å²) in [6, 6.07) is 13.7. The van der Waals surface area contributed by atoms with Gasteiger partial charge in [-0.2, -0.15) is 0 Å². The number of hydrogen-bond acceptors (Lipinski definition) is 2. The molecule has 0 saturated heterocycles. The van der Waals surface area contributed by atoms with Crippen LogP contribution in [0.5, 0.6) is 5.75 Å². The number of carbonyl (C=O) groups excluding carboxylic acids is 1. The van der Waals surface area contributed by atoms with Gasteiger partial charge in [0, 0.05) is 12.1 Å². The quantitative estimate of drug-likeness (QED) is 0.804. The van der Waals surface area contributed by atoms with Crippen LogP contribution in [0, 0.1) is 5.82 Å². The van der Waals surface area contributed by atoms with Crippen molar-refractivity contribution in [3.05, 3.63) is 64.4 Å². The topological polar surface area (TPSA) is 38.3 Å². The molecule has 0 aromatic heterocycles. The number of ether oxygens (including phenoxy) is 1. The third-order valence-corrected chi connectivity index (χ3v) is 3.41. The fraction of sp³-hybridized carbons (Fsp3) is 0.188. The molecule has 0 aliphatic heterocycles. The molecule has 0 saturated carbocycles. The van der Waals surface area contributed by atoms with E-state index in [1.54, 1.807) is 0 Å². The van der Waals surface area contributed by atoms with Gasteiger partial charge in [-0.25, -0.2) is 4.39 Å². The van der Waals surface area contributed by atoms with Crippen molar-refractivity contribution in [2.75, 3.05) is 13.2 Å². The SMILES string of the molecule is O=C(NCCCOc1ccccc1)c1ccc(F)c(Br)c1. The monoisotopic (exact) mass is 351 g/mol. The molecule has 0 radical (unpaired) electrons. The number of carbonyl (C=O) groups is 1. The lowest BCUT2D eigenvalue weighted by Crippen LogP contribution is -2.25. The molecule has 1 amide bonds. The van der Waals surface area contributed by atoms with E-state index in [2.05, 4.69) is 21.2 Å². The molecule has 0 aliphatic rings. The summed E-state index contributed by atoms with van der Waals surface area (Å²) in [5.74, 6) is 0.199. The Labute approximate surface area is 131 Å². The molecule has 0 heterocycles. The summed E-state index contributed by atoms with van der Waals surface area (Å²) in [6.07, 6.45) is 0.697. The lowest BCUT2D eigenvalue weighted by Gasteiger charge is -2.07. The zero-order valence-electron chi connectivity index (χ0n) is 11.3. The van der Waals surface area contributed by atoms with Crippen molar-refractivity contribution in [3.63, 3.8) is 0 Å². The molecule has 2 aromatic rings. The average Bonchev–Trinajstić information content (AvgIpc) is 2.50. The van der Waals surface area contributed by atoms with Gasteiger partial charge in [-0.1, -0.05) is 18.2 Å². The molecular formula is C16H15BrFNO2. The van der Waals surface area contributed by atoms with E-state index in [0.29, 0.717) is 25.1 Å². The standard InChI is InChI=1S/C16H15BrFNO2/c17-14-11-12(7-8-15(14)18)16(20)19-9-4-10-21-13-5-2-1-3-6-13/h1-3,5-8,11H,4,9-10H2,(H,19,20). The first-order valence-corrected chi connectivity index (χ1v) is 7.37. The average molecular weight is 352 g/mol. The third kappa shape index (κ3) is 4.86. The molecule has 0 bridgehead atoms. The zero-order valence-corrected chi connectivity index (χ0v) is 12.9. The molecule has 0 fully saturated rings. The Morgan fingerprint density at radius 2 is 1.95 bits per heavy atom. The largest absolute Gasteiger partial charge is 0.494 e. The summed E-state index contributed by atoms with van der Waals surface area (Å²) in [7, 11) is 0. The van der Waals surface area contributed by atoms with Crippen LogP contribution in [-0.4, -0.2) is 19.1 Å². The molecule has 0 spiro atoms. The van der Waals surface area contributed by atoms with E-state index in [0.717, 1.165) is 5.75 Å². The minimum absolute atomic E-state index is 0.226. The van der Waals surface area contributed by atoms with E-state index < -0.39 is 0 Å². The maximum absolute atomic E-state index is 13.1. The van der Waals surface area contributed by atoms with Gasteiger partial charge in [0.25, 0.3) is 5.91 Å². The van der Waals surface area contributed by atoms with E-state index in [9.17, 15) is 9.18 Å². The highest BCUT2D eigenvalue weighted by Crippen LogP contribution is 2.16. The molecule has 0 unspecified atom stereocenters. The number of benzene rings is 2. The number of para-hydroxylation sites is 1. The van der Waals surface area contributed by atoms with Crippen LogP contribution in [0.3, 0.4) is 0 Å². The summed E-state index contributed by atoms with van der Waals surface area (Å²) in [6.45, 7) is 1.03. The molecule has 3 nitrogen and oxygen atoms in total. The van der Waals surface area contributed by atoms with E-state index in [1.807, 2.05) is 30.3 Å². The predicted octanol–water partition coefficient (Wildman–Crippen LogP) is 3.79. The zero-order chi connectivity index (χ0) is 15.1. The number of rotatable bonds is 6. The second kappa shape index (κ2) is 7.78. The van der Waals surface area contributed by atoms with E-state index in [1.165, 1.54) is 18.2 Å². The first-order chi connectivity index (χ1) is 10.2. The normalized spacial score (nSPS) is 10.2. The first-order valence-electron chi connectivity index (χ1n) is 6.58. The third-order valence-electron chi connectivity index (χ3n) is 2.80. The van der Waals surface area contributed by atoms with Gasteiger partial charge in [-0.15, -0.1) is 0 Å². The van der Waals surface area contributed by atoms with Crippen LogP contribution in [0.1, 0.15) is 16.8 Å². The summed E-state index contributed by atoms with van der Waals surface area (Å²) in [5, 5.41) is 2.77. The Bertz CT molecular complexity index is 604. The number of hydrogen-bond donors (Lipinski definition) is 1. The molecular weight excluding hydrogens is 337 g/mol. The van der Waals surface area contributed by atoms with Crippen molar-refractivity contribution in [2.45, 2.75) is 6.42 Å². The Morgan fingerprint density at radius 1 is 1.19 bits per heavy atom. The van der Waals surface area contributed by atoms with Gasteiger partial charge < -0.3 is 10.1 Å². The first kappa shape index (κ1) is 15.5. The van der Waals surface area contributed by atoms with Gasteiger partial charge in [0.15, 0.2) is 0 Å². The second-order valence-corrected chi connectivity index (χ2v) is 5.25. The molecule has 2 aromatic carbocycles. The van der Waals surface area contributed by atoms with Crippen LogP contribution in [0.4, 0.5) is 4.39 Å². The second-order valence-electron chi connectivity index (χ2n) is 4.40. The molecule has 110 valence electrons. The van der Waals surface area contributed by atoms with Gasteiger partial charge in [-0.3, -0.25) is 4.79 Å². The van der Waals surface area contributed by atoms with Crippen LogP contribution < -0.4 is 10.1 Å². The van der Waals surface area contributed by atoms with Crippen molar-refractivity contribution in [3.8, 4) is 5.75 Å². The molecule has 0 aliphatic carbocycles. The van der Waals surface area contributed by atoms with Crippen LogP contribution >= 0.6 is 15.9 Å². The van der Waals surface area contributed by atoms with Crippen molar-refractivity contribution < 1.29 is 13.9 Å².